The summed E-state index contributed by atoms with van der Waals surface area (Å²) in [5.74, 6) is -0.985. The third-order valence-electron chi connectivity index (χ3n) is 3.66. The van der Waals surface area contributed by atoms with Gasteiger partial charge in [-0.25, -0.2) is 4.79 Å². The number of rotatable bonds is 1. The van der Waals surface area contributed by atoms with Crippen molar-refractivity contribution in [3.63, 3.8) is 0 Å². The Balaban J connectivity index is 2.03. The molecule has 1 aliphatic heterocycles. The van der Waals surface area contributed by atoms with Crippen LogP contribution in [0.2, 0.25) is 0 Å². The van der Waals surface area contributed by atoms with E-state index < -0.39 is 5.97 Å². The summed E-state index contributed by atoms with van der Waals surface area (Å²) < 4.78 is 0. The summed E-state index contributed by atoms with van der Waals surface area (Å²) in [6, 6.07) is 7.60. The quantitative estimate of drug-likeness (QED) is 0.717. The van der Waals surface area contributed by atoms with E-state index in [0.717, 1.165) is 33.4 Å². The van der Waals surface area contributed by atoms with E-state index in [1.54, 1.807) is 18.4 Å². The number of hydrogen-bond acceptors (Lipinski definition) is 3. The lowest BCUT2D eigenvalue weighted by atomic mass is 10.00. The number of allylic oxidation sites excluding steroid dienone is 1. The maximum Gasteiger partial charge on any atom is 0.337 e. The predicted octanol–water partition coefficient (Wildman–Crippen LogP) is 3.66. The normalized spacial score (nSPS) is 14.0. The lowest BCUT2D eigenvalue weighted by Crippen LogP contribution is -2.00. The van der Waals surface area contributed by atoms with Gasteiger partial charge >= 0.3 is 5.97 Å². The van der Waals surface area contributed by atoms with Gasteiger partial charge in [-0.05, 0) is 30.3 Å². The first-order valence-electron chi connectivity index (χ1n) is 6.78. The molecule has 1 aromatic carbocycles. The molecule has 2 aromatic heterocycles. The zero-order chi connectivity index (χ0) is 15.1. The molecule has 3 heterocycles. The second kappa shape index (κ2) is 4.66. The van der Waals surface area contributed by atoms with Crippen LogP contribution in [0.1, 0.15) is 15.9 Å². The molecule has 0 spiro atoms. The number of H-pyrrole nitrogens is 1. The number of benzene rings is 1. The average molecular weight is 289 g/mol. The molecule has 0 radical (unpaired) electrons. The van der Waals surface area contributed by atoms with Crippen molar-refractivity contribution in [1.82, 2.24) is 9.97 Å². The number of hydrogen-bond donors (Lipinski definition) is 2. The first-order chi connectivity index (χ1) is 10.7. The zero-order valence-corrected chi connectivity index (χ0v) is 11.4. The number of aromatic nitrogens is 2. The van der Waals surface area contributed by atoms with E-state index in [2.05, 4.69) is 15.0 Å². The second-order valence-corrected chi connectivity index (χ2v) is 5.04. The monoisotopic (exact) mass is 289 g/mol. The van der Waals surface area contributed by atoms with E-state index >= 15 is 0 Å². The smallest absolute Gasteiger partial charge is 0.337 e. The third-order valence-corrected chi connectivity index (χ3v) is 3.66. The molecular formula is C17H11N3O2. The van der Waals surface area contributed by atoms with E-state index in [1.165, 1.54) is 6.20 Å². The van der Waals surface area contributed by atoms with Crippen molar-refractivity contribution >= 4 is 34.9 Å². The van der Waals surface area contributed by atoms with Crippen molar-refractivity contribution in [3.8, 4) is 11.3 Å². The first kappa shape index (κ1) is 12.5. The number of fused-ring (bicyclic) bond motifs is 4. The van der Waals surface area contributed by atoms with Gasteiger partial charge in [-0.15, -0.1) is 0 Å². The maximum absolute atomic E-state index is 11.1. The van der Waals surface area contributed by atoms with Gasteiger partial charge in [-0.3, -0.25) is 9.98 Å². The van der Waals surface area contributed by atoms with Crippen LogP contribution in [0.5, 0.6) is 0 Å². The number of carbonyl (C=O) groups is 1. The van der Waals surface area contributed by atoms with Gasteiger partial charge in [0.05, 0.1) is 16.9 Å². The number of aromatic carboxylic acids is 1. The van der Waals surface area contributed by atoms with Gasteiger partial charge in [0, 0.05) is 40.6 Å². The standard InChI is InChI=1S/C17H11N3O2/c21-17(22)12-6-11-2-1-4-18-15-8-14-10(3-5-19-14)7-13(15)16(11)20-9-12/h1-9,19H,(H,21,22)/b2-1-,4-1?,11-2?,16-13?,18-4?,18-15?. The molecule has 106 valence electrons. The SMILES string of the molecule is O=C(O)c1cnc2c(c1)/C=C\C=Nc1cc3[nH]ccc3cc1-2. The summed E-state index contributed by atoms with van der Waals surface area (Å²) in [4.78, 5) is 23.1. The largest absolute Gasteiger partial charge is 0.478 e. The summed E-state index contributed by atoms with van der Waals surface area (Å²) >= 11 is 0. The minimum Gasteiger partial charge on any atom is -0.478 e. The predicted molar refractivity (Wildman–Crippen MR) is 85.7 cm³/mol. The molecule has 0 atom stereocenters. The maximum atomic E-state index is 11.1. The number of nitrogens with zero attached hydrogens (tertiary/aromatic N) is 2. The van der Waals surface area contributed by atoms with Gasteiger partial charge in [0.2, 0.25) is 0 Å². The van der Waals surface area contributed by atoms with Gasteiger partial charge in [0.1, 0.15) is 0 Å². The van der Waals surface area contributed by atoms with Crippen LogP contribution < -0.4 is 0 Å². The van der Waals surface area contributed by atoms with Crippen LogP contribution in [0, 0.1) is 0 Å². The molecule has 0 saturated carbocycles. The molecule has 1 aliphatic rings. The highest BCUT2D eigenvalue weighted by atomic mass is 16.4. The van der Waals surface area contributed by atoms with Crippen molar-refractivity contribution in [2.24, 2.45) is 4.99 Å². The molecule has 5 heteroatoms. The van der Waals surface area contributed by atoms with Crippen molar-refractivity contribution in [2.45, 2.75) is 0 Å². The van der Waals surface area contributed by atoms with E-state index in [1.807, 2.05) is 30.5 Å². The summed E-state index contributed by atoms with van der Waals surface area (Å²) in [6.45, 7) is 0. The molecule has 22 heavy (non-hydrogen) atoms. The van der Waals surface area contributed by atoms with Crippen LogP contribution in [0.3, 0.4) is 0 Å². The number of pyridine rings is 1. The van der Waals surface area contributed by atoms with Crippen molar-refractivity contribution in [1.29, 1.82) is 0 Å². The second-order valence-electron chi connectivity index (χ2n) is 5.04. The Morgan fingerprint density at radius 1 is 1.23 bits per heavy atom. The first-order valence-corrected chi connectivity index (χ1v) is 6.78. The number of nitrogens with one attached hydrogen (secondary N) is 1. The Bertz CT molecular complexity index is 967. The van der Waals surface area contributed by atoms with Crippen LogP contribution >= 0.6 is 0 Å². The molecule has 0 fully saturated rings. The lowest BCUT2D eigenvalue weighted by Gasteiger charge is -2.11. The molecular weight excluding hydrogens is 278 g/mol. The summed E-state index contributed by atoms with van der Waals surface area (Å²) in [6.07, 6.45) is 8.56. The van der Waals surface area contributed by atoms with Crippen LogP contribution in [0.15, 0.2) is 47.7 Å². The zero-order valence-electron chi connectivity index (χ0n) is 11.4. The Labute approximate surface area is 125 Å². The fourth-order valence-corrected chi connectivity index (χ4v) is 2.61. The van der Waals surface area contributed by atoms with E-state index in [-0.39, 0.29) is 5.56 Å². The number of carboxylic acids is 1. The summed E-state index contributed by atoms with van der Waals surface area (Å²) in [5, 5.41) is 10.2. The van der Waals surface area contributed by atoms with Crippen LogP contribution in [0.4, 0.5) is 5.69 Å². The molecule has 3 aromatic rings. The van der Waals surface area contributed by atoms with Gasteiger partial charge in [0.25, 0.3) is 0 Å². The number of carboxylic acid groups (broad SMARTS) is 1. The van der Waals surface area contributed by atoms with Gasteiger partial charge in [-0.2, -0.15) is 0 Å². The highest BCUT2D eigenvalue weighted by Gasteiger charge is 2.15. The van der Waals surface area contributed by atoms with Crippen molar-refractivity contribution in [3.05, 3.63) is 53.9 Å². The van der Waals surface area contributed by atoms with Crippen LogP contribution in [-0.2, 0) is 0 Å². The lowest BCUT2D eigenvalue weighted by molar-refractivity contribution is 0.0696. The topological polar surface area (TPSA) is 78.3 Å². The minimum absolute atomic E-state index is 0.171. The molecule has 4 rings (SSSR count). The molecule has 0 aliphatic carbocycles. The minimum atomic E-state index is -0.985. The van der Waals surface area contributed by atoms with E-state index in [9.17, 15) is 4.79 Å². The van der Waals surface area contributed by atoms with Gasteiger partial charge in [0.15, 0.2) is 0 Å². The van der Waals surface area contributed by atoms with Gasteiger partial charge in [-0.1, -0.05) is 6.08 Å². The highest BCUT2D eigenvalue weighted by molar-refractivity contribution is 5.97. The summed E-state index contributed by atoms with van der Waals surface area (Å²) in [7, 11) is 0. The van der Waals surface area contributed by atoms with Crippen LogP contribution in [0.25, 0.3) is 28.2 Å². The Morgan fingerprint density at radius 3 is 3.00 bits per heavy atom. The Morgan fingerprint density at radius 2 is 2.14 bits per heavy atom. The molecule has 5 nitrogen and oxygen atoms in total. The summed E-state index contributed by atoms with van der Waals surface area (Å²) in [5.41, 5.74) is 4.36. The molecule has 0 bridgehead atoms. The number of aliphatic imine (C=N–C) groups is 1. The average Bonchev–Trinajstić information content (AvgIpc) is 2.95. The molecule has 0 unspecified atom stereocenters. The fraction of sp³-hybridized carbons (Fsp3) is 0. The fourth-order valence-electron chi connectivity index (χ4n) is 2.61. The molecule has 0 amide bonds. The molecule has 0 saturated heterocycles. The molecule has 2 N–H and O–H groups in total. The van der Waals surface area contributed by atoms with Crippen LogP contribution in [-0.4, -0.2) is 27.3 Å². The van der Waals surface area contributed by atoms with Gasteiger partial charge < -0.3 is 10.1 Å². The van der Waals surface area contributed by atoms with Crippen molar-refractivity contribution < 1.29 is 9.90 Å². The highest BCUT2D eigenvalue weighted by Crippen LogP contribution is 2.36. The van der Waals surface area contributed by atoms with E-state index in [0.29, 0.717) is 0 Å². The van der Waals surface area contributed by atoms with Crippen molar-refractivity contribution in [2.75, 3.05) is 0 Å². The third kappa shape index (κ3) is 1.91. The Kier molecular flexibility index (Phi) is 2.66. The number of aromatic amines is 1. The van der Waals surface area contributed by atoms with E-state index in [4.69, 9.17) is 5.11 Å². The Hall–Kier alpha value is -3.21.